The fraction of sp³-hybridized carbons (Fsp3) is 0.571. The first-order chi connectivity index (χ1) is 8.00. The van der Waals surface area contributed by atoms with Crippen molar-refractivity contribution in [3.63, 3.8) is 0 Å². The molecular weight excluding hydrogens is 278 g/mol. The maximum Gasteiger partial charge on any atom is 0.133 e. The summed E-state index contributed by atoms with van der Waals surface area (Å²) in [5.41, 5.74) is 0. The van der Waals surface area contributed by atoms with Crippen molar-refractivity contribution in [3.05, 3.63) is 28.7 Å². The van der Waals surface area contributed by atoms with Gasteiger partial charge in [-0.1, -0.05) is 39.8 Å². The van der Waals surface area contributed by atoms with E-state index in [9.17, 15) is 0 Å². The lowest BCUT2D eigenvalue weighted by Crippen LogP contribution is -2.38. The van der Waals surface area contributed by atoms with Crippen molar-refractivity contribution in [2.24, 2.45) is 5.92 Å². The van der Waals surface area contributed by atoms with E-state index in [4.69, 9.17) is 4.74 Å². The van der Waals surface area contributed by atoms with Crippen molar-refractivity contribution in [2.45, 2.75) is 39.8 Å². The summed E-state index contributed by atoms with van der Waals surface area (Å²) in [6, 6.07) is 8.47. The normalized spacial score (nSPS) is 13.1. The molecule has 2 nitrogen and oxygen atoms in total. The number of rotatable bonds is 6. The molecule has 96 valence electrons. The van der Waals surface area contributed by atoms with Crippen LogP contribution in [0.3, 0.4) is 0 Å². The van der Waals surface area contributed by atoms with Gasteiger partial charge in [-0.25, -0.2) is 0 Å². The van der Waals surface area contributed by atoms with Crippen LogP contribution in [0, 0.1) is 5.92 Å². The molecule has 1 atom stereocenters. The van der Waals surface area contributed by atoms with E-state index in [-0.39, 0.29) is 6.10 Å². The van der Waals surface area contributed by atoms with E-state index in [2.05, 4.69) is 48.9 Å². The summed E-state index contributed by atoms with van der Waals surface area (Å²) in [5, 5.41) is 3.43. The van der Waals surface area contributed by atoms with Crippen LogP contribution in [0.5, 0.6) is 5.75 Å². The minimum atomic E-state index is 0.191. The Bertz CT molecular complexity index is 339. The number of para-hydroxylation sites is 1. The minimum absolute atomic E-state index is 0.191. The monoisotopic (exact) mass is 299 g/mol. The average molecular weight is 300 g/mol. The Kier molecular flexibility index (Phi) is 6.00. The number of benzene rings is 1. The van der Waals surface area contributed by atoms with Crippen LogP contribution in [0.15, 0.2) is 28.7 Å². The fourth-order valence-electron chi connectivity index (χ4n) is 1.47. The molecule has 0 aliphatic heterocycles. The predicted molar refractivity (Wildman–Crippen MR) is 76.5 cm³/mol. The van der Waals surface area contributed by atoms with Crippen LogP contribution >= 0.6 is 15.9 Å². The van der Waals surface area contributed by atoms with Crippen LogP contribution < -0.4 is 10.1 Å². The Morgan fingerprint density at radius 1 is 1.18 bits per heavy atom. The Labute approximate surface area is 113 Å². The molecule has 0 bridgehead atoms. The molecule has 1 unspecified atom stereocenters. The lowest BCUT2D eigenvalue weighted by atomic mass is 10.1. The van der Waals surface area contributed by atoms with Crippen molar-refractivity contribution < 1.29 is 4.74 Å². The van der Waals surface area contributed by atoms with Gasteiger partial charge >= 0.3 is 0 Å². The van der Waals surface area contributed by atoms with Gasteiger partial charge in [0.2, 0.25) is 0 Å². The van der Waals surface area contributed by atoms with Gasteiger partial charge < -0.3 is 10.1 Å². The SMILES string of the molecule is CC(C)NCC(Oc1ccccc1Br)C(C)C. The first kappa shape index (κ1) is 14.5. The van der Waals surface area contributed by atoms with Crippen molar-refractivity contribution >= 4 is 15.9 Å². The largest absolute Gasteiger partial charge is 0.488 e. The second-order valence-corrected chi connectivity index (χ2v) is 5.75. The summed E-state index contributed by atoms with van der Waals surface area (Å²) < 4.78 is 7.06. The molecular formula is C14H22BrNO. The highest BCUT2D eigenvalue weighted by molar-refractivity contribution is 9.10. The minimum Gasteiger partial charge on any atom is -0.488 e. The first-order valence-electron chi connectivity index (χ1n) is 6.15. The van der Waals surface area contributed by atoms with Gasteiger partial charge in [0.05, 0.1) is 4.47 Å². The number of ether oxygens (including phenoxy) is 1. The third kappa shape index (κ3) is 5.09. The second-order valence-electron chi connectivity index (χ2n) is 4.89. The Balaban J connectivity index is 2.64. The second kappa shape index (κ2) is 7.02. The molecule has 1 aromatic carbocycles. The van der Waals surface area contributed by atoms with Crippen LogP contribution in [0.2, 0.25) is 0 Å². The maximum absolute atomic E-state index is 6.05. The Morgan fingerprint density at radius 3 is 2.35 bits per heavy atom. The molecule has 0 aromatic heterocycles. The van der Waals surface area contributed by atoms with E-state index in [0.29, 0.717) is 12.0 Å². The molecule has 0 amide bonds. The molecule has 0 heterocycles. The topological polar surface area (TPSA) is 21.3 Å². The summed E-state index contributed by atoms with van der Waals surface area (Å²) >= 11 is 3.51. The van der Waals surface area contributed by atoms with Crippen molar-refractivity contribution in [1.82, 2.24) is 5.32 Å². The smallest absolute Gasteiger partial charge is 0.133 e. The number of hydrogen-bond donors (Lipinski definition) is 1. The van der Waals surface area contributed by atoms with Crippen LogP contribution in [0.1, 0.15) is 27.7 Å². The zero-order chi connectivity index (χ0) is 12.8. The Morgan fingerprint density at radius 2 is 1.82 bits per heavy atom. The lowest BCUT2D eigenvalue weighted by molar-refractivity contribution is 0.145. The van der Waals surface area contributed by atoms with Gasteiger partial charge in [0.25, 0.3) is 0 Å². The third-order valence-electron chi connectivity index (χ3n) is 2.59. The summed E-state index contributed by atoms with van der Waals surface area (Å²) in [6.07, 6.45) is 0.191. The van der Waals surface area contributed by atoms with Gasteiger partial charge in [0.15, 0.2) is 0 Å². The molecule has 1 rings (SSSR count). The van der Waals surface area contributed by atoms with E-state index < -0.39 is 0 Å². The quantitative estimate of drug-likeness (QED) is 0.861. The fourth-order valence-corrected chi connectivity index (χ4v) is 1.85. The van der Waals surface area contributed by atoms with Gasteiger partial charge in [-0.05, 0) is 34.0 Å². The molecule has 17 heavy (non-hydrogen) atoms. The van der Waals surface area contributed by atoms with E-state index in [1.165, 1.54) is 0 Å². The predicted octanol–water partition coefficient (Wildman–Crippen LogP) is 3.85. The van der Waals surface area contributed by atoms with E-state index in [0.717, 1.165) is 16.8 Å². The molecule has 0 fully saturated rings. The molecule has 0 aliphatic carbocycles. The highest BCUT2D eigenvalue weighted by Gasteiger charge is 2.16. The van der Waals surface area contributed by atoms with Crippen molar-refractivity contribution in [3.8, 4) is 5.75 Å². The summed E-state index contributed by atoms with van der Waals surface area (Å²) in [6.45, 7) is 9.54. The highest BCUT2D eigenvalue weighted by Crippen LogP contribution is 2.26. The molecule has 0 radical (unpaired) electrons. The Hall–Kier alpha value is -0.540. The molecule has 1 N–H and O–H groups in total. The number of nitrogens with one attached hydrogen (secondary N) is 1. The summed E-state index contributed by atoms with van der Waals surface area (Å²) in [7, 11) is 0. The van der Waals surface area contributed by atoms with Gasteiger partial charge in [0, 0.05) is 12.6 Å². The zero-order valence-electron chi connectivity index (χ0n) is 11.0. The van der Waals surface area contributed by atoms with Gasteiger partial charge in [0.1, 0.15) is 11.9 Å². The van der Waals surface area contributed by atoms with Crippen LogP contribution in [0.4, 0.5) is 0 Å². The van der Waals surface area contributed by atoms with Gasteiger partial charge in [-0.2, -0.15) is 0 Å². The number of hydrogen-bond acceptors (Lipinski definition) is 2. The van der Waals surface area contributed by atoms with Crippen LogP contribution in [0.25, 0.3) is 0 Å². The van der Waals surface area contributed by atoms with Crippen LogP contribution in [-0.2, 0) is 0 Å². The summed E-state index contributed by atoms with van der Waals surface area (Å²) in [4.78, 5) is 0. The highest BCUT2D eigenvalue weighted by atomic mass is 79.9. The van der Waals surface area contributed by atoms with E-state index in [1.54, 1.807) is 0 Å². The zero-order valence-corrected chi connectivity index (χ0v) is 12.6. The van der Waals surface area contributed by atoms with Crippen molar-refractivity contribution in [1.29, 1.82) is 0 Å². The lowest BCUT2D eigenvalue weighted by Gasteiger charge is -2.24. The third-order valence-corrected chi connectivity index (χ3v) is 3.24. The van der Waals surface area contributed by atoms with Gasteiger partial charge in [-0.15, -0.1) is 0 Å². The molecule has 3 heteroatoms. The molecule has 0 saturated heterocycles. The summed E-state index contributed by atoms with van der Waals surface area (Å²) in [5.74, 6) is 1.39. The average Bonchev–Trinajstić information content (AvgIpc) is 2.25. The molecule has 0 spiro atoms. The number of halogens is 1. The van der Waals surface area contributed by atoms with E-state index >= 15 is 0 Å². The van der Waals surface area contributed by atoms with Crippen molar-refractivity contribution in [2.75, 3.05) is 6.54 Å². The maximum atomic E-state index is 6.05. The molecule has 1 aromatic rings. The van der Waals surface area contributed by atoms with E-state index in [1.807, 2.05) is 24.3 Å². The van der Waals surface area contributed by atoms with Crippen LogP contribution in [-0.4, -0.2) is 18.7 Å². The molecule has 0 saturated carbocycles. The standard InChI is InChI=1S/C14H22BrNO/c1-10(2)14(9-16-11(3)4)17-13-8-6-5-7-12(13)15/h5-8,10-11,14,16H,9H2,1-4H3. The molecule has 0 aliphatic rings. The van der Waals surface area contributed by atoms with Gasteiger partial charge in [-0.3, -0.25) is 0 Å². The first-order valence-corrected chi connectivity index (χ1v) is 6.94.